The predicted molar refractivity (Wildman–Crippen MR) is 124 cm³/mol. The highest BCUT2D eigenvalue weighted by Crippen LogP contribution is 2.28. The van der Waals surface area contributed by atoms with Crippen LogP contribution in [-0.2, 0) is 19.6 Å². The molecule has 164 valence electrons. The summed E-state index contributed by atoms with van der Waals surface area (Å²) in [6.07, 6.45) is 3.77. The van der Waals surface area contributed by atoms with E-state index in [2.05, 4.69) is 46.9 Å². The summed E-state index contributed by atoms with van der Waals surface area (Å²) in [4.78, 5) is 4.74. The molecular formula is C24H31N5O2. The van der Waals surface area contributed by atoms with Gasteiger partial charge in [-0.2, -0.15) is 5.10 Å². The van der Waals surface area contributed by atoms with E-state index in [0.29, 0.717) is 19.7 Å². The largest absolute Gasteiger partial charge is 0.493 e. The SMILES string of the molecule is CCNC(=NCc1ccc(OC)c(OCC)c1)NCc1ccccc1Cn1cccn1. The molecule has 7 nitrogen and oxygen atoms in total. The summed E-state index contributed by atoms with van der Waals surface area (Å²) >= 11 is 0. The molecule has 0 radical (unpaired) electrons. The summed E-state index contributed by atoms with van der Waals surface area (Å²) in [7, 11) is 1.65. The van der Waals surface area contributed by atoms with Crippen LogP contribution in [0.15, 0.2) is 65.9 Å². The van der Waals surface area contributed by atoms with Crippen LogP contribution in [0.3, 0.4) is 0 Å². The molecule has 0 amide bonds. The van der Waals surface area contributed by atoms with Crippen LogP contribution in [0.25, 0.3) is 0 Å². The second kappa shape index (κ2) is 11.6. The zero-order chi connectivity index (χ0) is 21.9. The van der Waals surface area contributed by atoms with Crippen molar-refractivity contribution in [3.63, 3.8) is 0 Å². The van der Waals surface area contributed by atoms with Gasteiger partial charge in [-0.1, -0.05) is 30.3 Å². The van der Waals surface area contributed by atoms with Crippen molar-refractivity contribution in [3.05, 3.63) is 77.6 Å². The van der Waals surface area contributed by atoms with Gasteiger partial charge in [0.15, 0.2) is 17.5 Å². The van der Waals surface area contributed by atoms with Crippen LogP contribution < -0.4 is 20.1 Å². The van der Waals surface area contributed by atoms with E-state index in [9.17, 15) is 0 Å². The maximum Gasteiger partial charge on any atom is 0.191 e. The first-order valence-electron chi connectivity index (χ1n) is 10.6. The van der Waals surface area contributed by atoms with Crippen LogP contribution in [0.2, 0.25) is 0 Å². The van der Waals surface area contributed by atoms with Gasteiger partial charge in [-0.15, -0.1) is 0 Å². The average Bonchev–Trinajstić information content (AvgIpc) is 3.30. The van der Waals surface area contributed by atoms with E-state index < -0.39 is 0 Å². The number of nitrogens with one attached hydrogen (secondary N) is 2. The highest BCUT2D eigenvalue weighted by atomic mass is 16.5. The van der Waals surface area contributed by atoms with E-state index >= 15 is 0 Å². The summed E-state index contributed by atoms with van der Waals surface area (Å²) < 4.78 is 13.0. The summed E-state index contributed by atoms with van der Waals surface area (Å²) in [6, 6.07) is 16.2. The molecule has 0 aliphatic heterocycles. The fraction of sp³-hybridized carbons (Fsp3) is 0.333. The number of aliphatic imine (C=N–C) groups is 1. The van der Waals surface area contributed by atoms with E-state index in [1.54, 1.807) is 13.3 Å². The molecule has 1 aromatic heterocycles. The van der Waals surface area contributed by atoms with Crippen LogP contribution in [0.1, 0.15) is 30.5 Å². The molecular weight excluding hydrogens is 390 g/mol. The fourth-order valence-electron chi connectivity index (χ4n) is 3.23. The fourth-order valence-corrected chi connectivity index (χ4v) is 3.23. The van der Waals surface area contributed by atoms with E-state index in [-0.39, 0.29) is 0 Å². The Morgan fingerprint density at radius 1 is 1.03 bits per heavy atom. The minimum atomic E-state index is 0.536. The van der Waals surface area contributed by atoms with E-state index in [4.69, 9.17) is 14.5 Å². The van der Waals surface area contributed by atoms with E-state index in [0.717, 1.165) is 36.1 Å². The highest BCUT2D eigenvalue weighted by Gasteiger charge is 2.07. The van der Waals surface area contributed by atoms with Crippen molar-refractivity contribution < 1.29 is 9.47 Å². The maximum atomic E-state index is 5.67. The Morgan fingerprint density at radius 2 is 1.87 bits per heavy atom. The first kappa shape index (κ1) is 22.2. The van der Waals surface area contributed by atoms with Crippen LogP contribution in [0.4, 0.5) is 0 Å². The molecule has 0 aliphatic carbocycles. The number of hydrogen-bond acceptors (Lipinski definition) is 4. The Bertz CT molecular complexity index is 970. The standard InChI is InChI=1S/C24H31N5O2/c1-4-25-24(26-16-19-11-12-22(30-3)23(15-19)31-5-2)27-17-20-9-6-7-10-21(20)18-29-14-8-13-28-29/h6-15H,4-5,16-18H2,1-3H3,(H2,25,26,27). The topological polar surface area (TPSA) is 72.7 Å². The van der Waals surface area contributed by atoms with Crippen molar-refractivity contribution in [3.8, 4) is 11.5 Å². The number of nitrogens with zero attached hydrogens (tertiary/aromatic N) is 3. The Kier molecular flexibility index (Phi) is 8.34. The third-order valence-corrected chi connectivity index (χ3v) is 4.75. The van der Waals surface area contributed by atoms with Crippen LogP contribution >= 0.6 is 0 Å². The Labute approximate surface area is 184 Å². The molecule has 3 rings (SSSR count). The zero-order valence-corrected chi connectivity index (χ0v) is 18.5. The molecule has 0 saturated heterocycles. The normalized spacial score (nSPS) is 11.3. The molecule has 0 atom stereocenters. The minimum absolute atomic E-state index is 0.536. The Morgan fingerprint density at radius 3 is 2.58 bits per heavy atom. The molecule has 0 aliphatic rings. The number of aromatic nitrogens is 2. The first-order chi connectivity index (χ1) is 15.2. The number of hydrogen-bond donors (Lipinski definition) is 2. The van der Waals surface area contributed by atoms with Gasteiger partial charge in [0, 0.05) is 25.5 Å². The van der Waals surface area contributed by atoms with Crippen LogP contribution in [0.5, 0.6) is 11.5 Å². The maximum absolute atomic E-state index is 5.67. The van der Waals surface area contributed by atoms with Gasteiger partial charge in [-0.05, 0) is 48.7 Å². The summed E-state index contributed by atoms with van der Waals surface area (Å²) in [5.41, 5.74) is 3.50. The molecule has 0 unspecified atom stereocenters. The van der Waals surface area contributed by atoms with Crippen molar-refractivity contribution >= 4 is 5.96 Å². The molecule has 31 heavy (non-hydrogen) atoms. The molecule has 2 aromatic carbocycles. The van der Waals surface area contributed by atoms with Crippen molar-refractivity contribution in [2.75, 3.05) is 20.3 Å². The van der Waals surface area contributed by atoms with Gasteiger partial charge >= 0.3 is 0 Å². The van der Waals surface area contributed by atoms with Gasteiger partial charge in [-0.3, -0.25) is 4.68 Å². The lowest BCUT2D eigenvalue weighted by molar-refractivity contribution is 0.310. The van der Waals surface area contributed by atoms with Gasteiger partial charge < -0.3 is 20.1 Å². The Hall–Kier alpha value is -3.48. The summed E-state index contributed by atoms with van der Waals surface area (Å²) in [6.45, 7) is 7.35. The molecule has 0 saturated carbocycles. The number of methoxy groups -OCH3 is 1. The van der Waals surface area contributed by atoms with Crippen molar-refractivity contribution in [2.24, 2.45) is 4.99 Å². The predicted octanol–water partition coefficient (Wildman–Crippen LogP) is 3.59. The third kappa shape index (κ3) is 6.50. The van der Waals surface area contributed by atoms with Crippen LogP contribution in [0, 0.1) is 0 Å². The van der Waals surface area contributed by atoms with Crippen molar-refractivity contribution in [2.45, 2.75) is 33.5 Å². The van der Waals surface area contributed by atoms with Gasteiger partial charge in [0.25, 0.3) is 0 Å². The van der Waals surface area contributed by atoms with Gasteiger partial charge in [0.05, 0.1) is 26.8 Å². The summed E-state index contributed by atoms with van der Waals surface area (Å²) in [5, 5.41) is 11.1. The second-order valence-corrected chi connectivity index (χ2v) is 6.94. The third-order valence-electron chi connectivity index (χ3n) is 4.75. The molecule has 1 heterocycles. The monoisotopic (exact) mass is 421 g/mol. The van der Waals surface area contributed by atoms with Gasteiger partial charge in [0.1, 0.15) is 0 Å². The lowest BCUT2D eigenvalue weighted by Gasteiger charge is -2.15. The molecule has 0 spiro atoms. The minimum Gasteiger partial charge on any atom is -0.493 e. The summed E-state index contributed by atoms with van der Waals surface area (Å²) in [5.74, 6) is 2.24. The lowest BCUT2D eigenvalue weighted by atomic mass is 10.1. The number of rotatable bonds is 10. The van der Waals surface area contributed by atoms with Crippen molar-refractivity contribution in [1.29, 1.82) is 0 Å². The molecule has 2 N–H and O–H groups in total. The second-order valence-electron chi connectivity index (χ2n) is 6.94. The number of benzene rings is 2. The molecule has 3 aromatic rings. The highest BCUT2D eigenvalue weighted by molar-refractivity contribution is 5.79. The molecule has 0 fully saturated rings. The van der Waals surface area contributed by atoms with E-state index in [1.807, 2.05) is 42.1 Å². The van der Waals surface area contributed by atoms with Gasteiger partial charge in [0.2, 0.25) is 0 Å². The first-order valence-corrected chi connectivity index (χ1v) is 10.6. The van der Waals surface area contributed by atoms with Gasteiger partial charge in [-0.25, -0.2) is 4.99 Å². The van der Waals surface area contributed by atoms with Crippen molar-refractivity contribution in [1.82, 2.24) is 20.4 Å². The molecule has 0 bridgehead atoms. The molecule has 7 heteroatoms. The zero-order valence-electron chi connectivity index (χ0n) is 18.5. The number of guanidine groups is 1. The van der Waals surface area contributed by atoms with Crippen LogP contribution in [-0.4, -0.2) is 36.0 Å². The lowest BCUT2D eigenvalue weighted by Crippen LogP contribution is -2.37. The Balaban J connectivity index is 1.68. The quantitative estimate of drug-likeness (QED) is 0.387. The number of ether oxygens (including phenoxy) is 2. The average molecular weight is 422 g/mol. The van der Waals surface area contributed by atoms with E-state index in [1.165, 1.54) is 11.1 Å². The smallest absolute Gasteiger partial charge is 0.191 e.